The van der Waals surface area contributed by atoms with Gasteiger partial charge >= 0.3 is 0 Å². The van der Waals surface area contributed by atoms with E-state index in [9.17, 15) is 5.11 Å². The van der Waals surface area contributed by atoms with E-state index in [2.05, 4.69) is 43.3 Å². The summed E-state index contributed by atoms with van der Waals surface area (Å²) in [4.78, 5) is 7.86. The molecular formula is C16H26BrN3O2S. The molecule has 0 amide bonds. The van der Waals surface area contributed by atoms with E-state index in [0.717, 1.165) is 35.4 Å². The van der Waals surface area contributed by atoms with Crippen LogP contribution in [0.3, 0.4) is 0 Å². The normalized spacial score (nSPS) is 16.4. The van der Waals surface area contributed by atoms with Crippen molar-refractivity contribution in [3.63, 3.8) is 0 Å². The van der Waals surface area contributed by atoms with E-state index in [1.165, 1.54) is 17.7 Å². The lowest BCUT2D eigenvalue weighted by molar-refractivity contribution is 0.0367. The molecule has 1 unspecified atom stereocenters. The lowest BCUT2D eigenvalue weighted by Crippen LogP contribution is -2.39. The molecule has 0 aliphatic heterocycles. The molecule has 5 nitrogen and oxygen atoms in total. The Hall–Kier alpha value is -0.630. The van der Waals surface area contributed by atoms with Crippen LogP contribution in [0.4, 0.5) is 0 Å². The maximum absolute atomic E-state index is 9.99. The van der Waals surface area contributed by atoms with Crippen LogP contribution in [0.5, 0.6) is 0 Å². The van der Waals surface area contributed by atoms with Crippen molar-refractivity contribution in [1.82, 2.24) is 10.2 Å². The molecule has 23 heavy (non-hydrogen) atoms. The molecule has 0 saturated heterocycles. The van der Waals surface area contributed by atoms with E-state index in [1.807, 2.05) is 14.0 Å². The van der Waals surface area contributed by atoms with Crippen molar-refractivity contribution >= 4 is 33.2 Å². The van der Waals surface area contributed by atoms with Gasteiger partial charge in [0.15, 0.2) is 5.96 Å². The highest BCUT2D eigenvalue weighted by Gasteiger charge is 2.21. The molecule has 7 heteroatoms. The van der Waals surface area contributed by atoms with Crippen LogP contribution in [0.2, 0.25) is 0 Å². The van der Waals surface area contributed by atoms with Crippen molar-refractivity contribution in [3.05, 3.63) is 20.8 Å². The first-order chi connectivity index (χ1) is 11.1. The average Bonchev–Trinajstić information content (AvgIpc) is 3.25. The van der Waals surface area contributed by atoms with E-state index in [0.29, 0.717) is 13.2 Å². The topological polar surface area (TPSA) is 57.1 Å². The van der Waals surface area contributed by atoms with Crippen molar-refractivity contribution < 1.29 is 9.84 Å². The Kier molecular flexibility index (Phi) is 7.82. The standard InChI is InChI=1S/C16H26BrN3O2S/c1-3-18-16(20(2)9-14-6-7-15(17)23-14)19-8-13(21)11-22-10-12-4-5-12/h6-7,12-13,21H,3-5,8-11H2,1-2H3,(H,18,19). The number of nitrogens with one attached hydrogen (secondary N) is 1. The first-order valence-electron chi connectivity index (χ1n) is 8.08. The summed E-state index contributed by atoms with van der Waals surface area (Å²) in [7, 11) is 2.01. The third-order valence-corrected chi connectivity index (χ3v) is 5.14. The fourth-order valence-corrected chi connectivity index (χ4v) is 3.65. The summed E-state index contributed by atoms with van der Waals surface area (Å²) in [6, 6.07) is 4.16. The van der Waals surface area contributed by atoms with Gasteiger partial charge in [-0.25, -0.2) is 0 Å². The van der Waals surface area contributed by atoms with Crippen molar-refractivity contribution in [2.24, 2.45) is 10.9 Å². The lowest BCUT2D eigenvalue weighted by atomic mass is 10.4. The quantitative estimate of drug-likeness (QED) is 0.491. The van der Waals surface area contributed by atoms with Crippen molar-refractivity contribution in [2.75, 3.05) is 33.4 Å². The molecular weight excluding hydrogens is 378 g/mol. The SMILES string of the molecule is CCNC(=NCC(O)COCC1CC1)N(C)Cc1ccc(Br)s1. The zero-order chi connectivity index (χ0) is 16.7. The molecule has 2 N–H and O–H groups in total. The van der Waals surface area contributed by atoms with Gasteiger partial charge in [0, 0.05) is 25.1 Å². The number of thiophene rings is 1. The van der Waals surface area contributed by atoms with Gasteiger partial charge in [0.1, 0.15) is 0 Å². The van der Waals surface area contributed by atoms with Gasteiger partial charge in [-0.05, 0) is 53.7 Å². The minimum atomic E-state index is -0.549. The number of aliphatic imine (C=N–C) groups is 1. The summed E-state index contributed by atoms with van der Waals surface area (Å²) in [6.07, 6.45) is 1.98. The van der Waals surface area contributed by atoms with Crippen molar-refractivity contribution in [2.45, 2.75) is 32.4 Å². The molecule has 0 spiro atoms. The first kappa shape index (κ1) is 18.7. The van der Waals surface area contributed by atoms with Crippen LogP contribution >= 0.6 is 27.3 Å². The van der Waals surface area contributed by atoms with Gasteiger partial charge in [-0.1, -0.05) is 0 Å². The minimum Gasteiger partial charge on any atom is -0.389 e. The number of ether oxygens (including phenoxy) is 1. The smallest absolute Gasteiger partial charge is 0.194 e. The molecule has 0 radical (unpaired) electrons. The van der Waals surface area contributed by atoms with Crippen LogP contribution in [0, 0.1) is 5.92 Å². The first-order valence-corrected chi connectivity index (χ1v) is 9.69. The Balaban J connectivity index is 1.79. The molecule has 1 aliphatic carbocycles. The van der Waals surface area contributed by atoms with Crippen LogP contribution in [0.1, 0.15) is 24.6 Å². The molecule has 130 valence electrons. The maximum Gasteiger partial charge on any atom is 0.194 e. The Labute approximate surface area is 150 Å². The predicted octanol–water partition coefficient (Wildman–Crippen LogP) is 2.70. The van der Waals surface area contributed by atoms with Crippen LogP contribution in [0.25, 0.3) is 0 Å². The molecule has 1 aliphatic rings. The molecule has 0 aromatic carbocycles. The highest BCUT2D eigenvalue weighted by molar-refractivity contribution is 9.11. The Morgan fingerprint density at radius 1 is 1.57 bits per heavy atom. The van der Waals surface area contributed by atoms with Crippen LogP contribution in [-0.2, 0) is 11.3 Å². The summed E-state index contributed by atoms with van der Waals surface area (Å²) in [5, 5.41) is 13.3. The highest BCUT2D eigenvalue weighted by atomic mass is 79.9. The van der Waals surface area contributed by atoms with E-state index < -0.39 is 6.10 Å². The lowest BCUT2D eigenvalue weighted by Gasteiger charge is -2.22. The molecule has 1 aromatic rings. The van der Waals surface area contributed by atoms with E-state index >= 15 is 0 Å². The third kappa shape index (κ3) is 7.20. The zero-order valence-electron chi connectivity index (χ0n) is 13.8. The summed E-state index contributed by atoms with van der Waals surface area (Å²) in [6.45, 7) is 5.11. The number of hydrogen-bond acceptors (Lipinski definition) is 4. The number of rotatable bonds is 9. The summed E-state index contributed by atoms with van der Waals surface area (Å²) in [5.74, 6) is 1.53. The molecule has 1 aromatic heterocycles. The van der Waals surface area contributed by atoms with Gasteiger partial charge in [-0.2, -0.15) is 0 Å². The molecule has 2 rings (SSSR count). The van der Waals surface area contributed by atoms with E-state index in [1.54, 1.807) is 11.3 Å². The predicted molar refractivity (Wildman–Crippen MR) is 99.0 cm³/mol. The van der Waals surface area contributed by atoms with Gasteiger partial charge in [-0.3, -0.25) is 4.99 Å². The molecule has 1 atom stereocenters. The third-order valence-electron chi connectivity index (χ3n) is 3.53. The van der Waals surface area contributed by atoms with Crippen molar-refractivity contribution in [1.29, 1.82) is 0 Å². The minimum absolute atomic E-state index is 0.353. The molecule has 0 bridgehead atoms. The van der Waals surface area contributed by atoms with Crippen LogP contribution in [0.15, 0.2) is 20.9 Å². The molecule has 1 heterocycles. The van der Waals surface area contributed by atoms with Gasteiger partial charge in [0.05, 0.1) is 29.6 Å². The largest absolute Gasteiger partial charge is 0.389 e. The van der Waals surface area contributed by atoms with Crippen molar-refractivity contribution in [3.8, 4) is 0 Å². The number of hydrogen-bond donors (Lipinski definition) is 2. The zero-order valence-corrected chi connectivity index (χ0v) is 16.2. The number of aliphatic hydroxyl groups is 1. The Morgan fingerprint density at radius 3 is 2.96 bits per heavy atom. The monoisotopic (exact) mass is 403 g/mol. The average molecular weight is 404 g/mol. The second-order valence-electron chi connectivity index (χ2n) is 5.89. The Bertz CT molecular complexity index is 505. The number of guanidine groups is 1. The number of aliphatic hydroxyl groups excluding tert-OH is 1. The molecule has 1 fully saturated rings. The number of nitrogens with zero attached hydrogens (tertiary/aromatic N) is 2. The summed E-state index contributed by atoms with van der Waals surface area (Å²) >= 11 is 5.20. The Morgan fingerprint density at radius 2 is 2.35 bits per heavy atom. The summed E-state index contributed by atoms with van der Waals surface area (Å²) < 4.78 is 6.64. The highest BCUT2D eigenvalue weighted by Crippen LogP contribution is 2.28. The van der Waals surface area contributed by atoms with Crippen LogP contribution in [-0.4, -0.2) is 55.4 Å². The fraction of sp³-hybridized carbons (Fsp3) is 0.688. The summed E-state index contributed by atoms with van der Waals surface area (Å²) in [5.41, 5.74) is 0. The van der Waals surface area contributed by atoms with Gasteiger partial charge in [-0.15, -0.1) is 11.3 Å². The van der Waals surface area contributed by atoms with Gasteiger partial charge in [0.25, 0.3) is 0 Å². The van der Waals surface area contributed by atoms with Gasteiger partial charge in [0.2, 0.25) is 0 Å². The van der Waals surface area contributed by atoms with Gasteiger partial charge < -0.3 is 20.1 Å². The van der Waals surface area contributed by atoms with E-state index in [4.69, 9.17) is 4.74 Å². The van der Waals surface area contributed by atoms with Crippen LogP contribution < -0.4 is 5.32 Å². The second-order valence-corrected chi connectivity index (χ2v) is 8.44. The maximum atomic E-state index is 9.99. The molecule has 1 saturated carbocycles. The number of halogens is 1. The van der Waals surface area contributed by atoms with E-state index in [-0.39, 0.29) is 0 Å². The fourth-order valence-electron chi connectivity index (χ4n) is 2.11. The second kappa shape index (κ2) is 9.61.